The van der Waals surface area contributed by atoms with E-state index in [0.29, 0.717) is 18.3 Å². The van der Waals surface area contributed by atoms with Gasteiger partial charge in [0.05, 0.1) is 5.56 Å². The smallest absolute Gasteiger partial charge is 0.357 e. The molecule has 0 bridgehead atoms. The lowest BCUT2D eigenvalue weighted by molar-refractivity contribution is -0.137. The first kappa shape index (κ1) is 21.5. The van der Waals surface area contributed by atoms with Gasteiger partial charge in [0.2, 0.25) is 0 Å². The minimum absolute atomic E-state index is 0.244. The zero-order valence-electron chi connectivity index (χ0n) is 17.9. The number of halogens is 4. The second kappa shape index (κ2) is 8.54. The largest absolute Gasteiger partial charge is 0.417 e. The van der Waals surface area contributed by atoms with Crippen molar-refractivity contribution in [1.82, 2.24) is 9.55 Å². The highest BCUT2D eigenvalue weighted by Gasteiger charge is 2.31. The highest BCUT2D eigenvalue weighted by molar-refractivity contribution is 5.84. The van der Waals surface area contributed by atoms with Crippen LogP contribution in [0.25, 0.3) is 10.9 Å². The molecule has 1 fully saturated rings. The monoisotopic (exact) mass is 453 g/mol. The first-order valence-corrected chi connectivity index (χ1v) is 11.0. The third kappa shape index (κ3) is 4.45. The van der Waals surface area contributed by atoms with Crippen LogP contribution < -0.4 is 4.90 Å². The molecule has 5 rings (SSSR count). The molecule has 0 N–H and O–H groups in total. The van der Waals surface area contributed by atoms with Crippen LogP contribution in [0.2, 0.25) is 0 Å². The maximum absolute atomic E-state index is 13.3. The van der Waals surface area contributed by atoms with Gasteiger partial charge in [-0.15, -0.1) is 0 Å². The molecule has 0 spiro atoms. The maximum Gasteiger partial charge on any atom is 0.417 e. The van der Waals surface area contributed by atoms with Gasteiger partial charge in [-0.2, -0.15) is 13.2 Å². The molecule has 0 saturated carbocycles. The van der Waals surface area contributed by atoms with Gasteiger partial charge in [-0.05, 0) is 60.2 Å². The Hall–Kier alpha value is -3.35. The molecule has 2 aromatic heterocycles. The number of anilines is 1. The van der Waals surface area contributed by atoms with E-state index in [1.54, 1.807) is 12.1 Å². The topological polar surface area (TPSA) is 21.1 Å². The number of para-hydroxylation sites is 1. The normalized spacial score (nSPS) is 15.3. The van der Waals surface area contributed by atoms with Crippen molar-refractivity contribution in [2.24, 2.45) is 0 Å². The van der Waals surface area contributed by atoms with E-state index in [2.05, 4.69) is 27.9 Å². The van der Waals surface area contributed by atoms with E-state index < -0.39 is 11.7 Å². The van der Waals surface area contributed by atoms with E-state index in [9.17, 15) is 17.6 Å². The molecule has 3 nitrogen and oxygen atoms in total. The highest BCUT2D eigenvalue weighted by atomic mass is 19.4. The van der Waals surface area contributed by atoms with Gasteiger partial charge in [0, 0.05) is 42.9 Å². The van der Waals surface area contributed by atoms with Crippen LogP contribution >= 0.6 is 0 Å². The molecule has 0 unspecified atom stereocenters. The fourth-order valence-electron chi connectivity index (χ4n) is 4.68. The van der Waals surface area contributed by atoms with Gasteiger partial charge in [-0.3, -0.25) is 0 Å². The average molecular weight is 453 g/mol. The van der Waals surface area contributed by atoms with Gasteiger partial charge < -0.3 is 9.47 Å². The van der Waals surface area contributed by atoms with Gasteiger partial charge in [0.15, 0.2) is 0 Å². The zero-order valence-corrected chi connectivity index (χ0v) is 17.9. The van der Waals surface area contributed by atoms with Gasteiger partial charge in [-0.1, -0.05) is 30.3 Å². The molecule has 7 heteroatoms. The average Bonchev–Trinajstić information content (AvgIpc) is 3.19. The lowest BCUT2D eigenvalue weighted by atomic mass is 9.89. The molecule has 0 aliphatic carbocycles. The molecule has 0 radical (unpaired) electrons. The third-order valence-electron chi connectivity index (χ3n) is 6.42. The van der Waals surface area contributed by atoms with Gasteiger partial charge in [0.25, 0.3) is 0 Å². The molecule has 1 aliphatic rings. The van der Waals surface area contributed by atoms with Crippen LogP contribution in [0.1, 0.15) is 35.4 Å². The summed E-state index contributed by atoms with van der Waals surface area (Å²) in [7, 11) is 0. The van der Waals surface area contributed by atoms with Crippen LogP contribution in [-0.4, -0.2) is 22.6 Å². The fraction of sp³-hybridized carbons (Fsp3) is 0.269. The first-order valence-electron chi connectivity index (χ1n) is 11.0. The summed E-state index contributed by atoms with van der Waals surface area (Å²) < 4.78 is 53.9. The van der Waals surface area contributed by atoms with E-state index in [1.807, 2.05) is 17.0 Å². The predicted octanol–water partition coefficient (Wildman–Crippen LogP) is 6.63. The van der Waals surface area contributed by atoms with Crippen molar-refractivity contribution in [2.75, 3.05) is 18.0 Å². The number of benzene rings is 2. The Bertz CT molecular complexity index is 1240. The minimum Gasteiger partial charge on any atom is -0.357 e. The van der Waals surface area contributed by atoms with Crippen LogP contribution in [0.4, 0.5) is 23.4 Å². The van der Waals surface area contributed by atoms with E-state index in [1.165, 1.54) is 29.1 Å². The predicted molar refractivity (Wildman–Crippen MR) is 121 cm³/mol. The minimum atomic E-state index is -4.37. The van der Waals surface area contributed by atoms with Crippen molar-refractivity contribution >= 4 is 16.7 Å². The summed E-state index contributed by atoms with van der Waals surface area (Å²) in [5.74, 6) is 0.696. The summed E-state index contributed by atoms with van der Waals surface area (Å²) in [6, 6.07) is 17.4. The summed E-state index contributed by atoms with van der Waals surface area (Å²) in [5, 5.41) is 1.21. The molecular weight excluding hydrogens is 430 g/mol. The third-order valence-corrected chi connectivity index (χ3v) is 6.42. The summed E-state index contributed by atoms with van der Waals surface area (Å²) in [4.78, 5) is 6.10. The Balaban J connectivity index is 1.34. The van der Waals surface area contributed by atoms with E-state index in [0.717, 1.165) is 49.3 Å². The number of nitrogens with zero attached hydrogens (tertiary/aromatic N) is 3. The number of pyridine rings is 1. The van der Waals surface area contributed by atoms with Gasteiger partial charge in [-0.25, -0.2) is 9.37 Å². The van der Waals surface area contributed by atoms with Crippen molar-refractivity contribution in [3.63, 3.8) is 0 Å². The number of piperidine rings is 1. The molecule has 2 aromatic carbocycles. The van der Waals surface area contributed by atoms with E-state index in [-0.39, 0.29) is 5.82 Å². The van der Waals surface area contributed by atoms with Crippen LogP contribution in [-0.2, 0) is 12.7 Å². The number of aromatic nitrogens is 2. The Labute approximate surface area is 189 Å². The molecule has 170 valence electrons. The number of fused-ring (bicyclic) bond motifs is 1. The Morgan fingerprint density at radius 1 is 0.909 bits per heavy atom. The SMILES string of the molecule is Fc1ccc(Cn2cc(C3CCN(c4ccc(C(F)(F)F)cn4)CC3)c3ccccc32)cc1. The van der Waals surface area contributed by atoms with Gasteiger partial charge >= 0.3 is 6.18 Å². The zero-order chi connectivity index (χ0) is 23.0. The molecular formula is C26H23F4N3. The molecule has 0 amide bonds. The quantitative estimate of drug-likeness (QED) is 0.324. The number of hydrogen-bond donors (Lipinski definition) is 0. The maximum atomic E-state index is 13.3. The van der Waals surface area contributed by atoms with Crippen LogP contribution in [0.3, 0.4) is 0 Å². The standard InChI is InChI=1S/C26H23F4N3/c27-21-8-5-18(6-9-21)16-33-17-23(22-3-1-2-4-24(22)33)19-11-13-32(14-12-19)25-10-7-20(15-31-25)26(28,29)30/h1-10,15,17,19H,11-14,16H2. The number of hydrogen-bond acceptors (Lipinski definition) is 2. The molecule has 0 atom stereocenters. The van der Waals surface area contributed by atoms with Crippen molar-refractivity contribution in [2.45, 2.75) is 31.5 Å². The molecule has 4 aromatic rings. The van der Waals surface area contributed by atoms with Crippen LogP contribution in [0, 0.1) is 5.82 Å². The van der Waals surface area contributed by atoms with Crippen LogP contribution in [0.5, 0.6) is 0 Å². The summed E-state index contributed by atoms with van der Waals surface area (Å²) >= 11 is 0. The van der Waals surface area contributed by atoms with E-state index in [4.69, 9.17) is 0 Å². The number of rotatable bonds is 4. The lowest BCUT2D eigenvalue weighted by Crippen LogP contribution is -2.33. The van der Waals surface area contributed by atoms with Crippen molar-refractivity contribution < 1.29 is 17.6 Å². The molecule has 1 aliphatic heterocycles. The molecule has 1 saturated heterocycles. The molecule has 3 heterocycles. The highest BCUT2D eigenvalue weighted by Crippen LogP contribution is 2.36. The lowest BCUT2D eigenvalue weighted by Gasteiger charge is -2.33. The number of alkyl halides is 3. The second-order valence-corrected chi connectivity index (χ2v) is 8.52. The van der Waals surface area contributed by atoms with Crippen molar-refractivity contribution in [3.05, 3.63) is 95.6 Å². The van der Waals surface area contributed by atoms with Crippen molar-refractivity contribution in [1.29, 1.82) is 0 Å². The Kier molecular flexibility index (Phi) is 5.56. The Morgan fingerprint density at radius 2 is 1.64 bits per heavy atom. The summed E-state index contributed by atoms with van der Waals surface area (Å²) in [6.07, 6.45) is 0.524. The van der Waals surface area contributed by atoms with Crippen LogP contribution in [0.15, 0.2) is 73.1 Å². The Morgan fingerprint density at radius 3 is 2.30 bits per heavy atom. The first-order chi connectivity index (χ1) is 15.9. The molecule has 33 heavy (non-hydrogen) atoms. The second-order valence-electron chi connectivity index (χ2n) is 8.52. The fourth-order valence-corrected chi connectivity index (χ4v) is 4.68. The van der Waals surface area contributed by atoms with Crippen molar-refractivity contribution in [3.8, 4) is 0 Å². The van der Waals surface area contributed by atoms with Gasteiger partial charge in [0.1, 0.15) is 11.6 Å². The van der Waals surface area contributed by atoms with E-state index >= 15 is 0 Å². The summed E-state index contributed by atoms with van der Waals surface area (Å²) in [5.41, 5.74) is 2.73. The summed E-state index contributed by atoms with van der Waals surface area (Å²) in [6.45, 7) is 2.14.